The van der Waals surface area contributed by atoms with Crippen molar-refractivity contribution in [3.8, 4) is 0 Å². The SMILES string of the molecule is C[C@@H]1CCCCN1S(=O)(=O)c1ccc(S(N)(=O)=O)cc1. The number of hydrogen-bond acceptors (Lipinski definition) is 4. The molecule has 2 rings (SSSR count). The van der Waals surface area contributed by atoms with Crippen LogP contribution in [-0.2, 0) is 20.0 Å². The van der Waals surface area contributed by atoms with Gasteiger partial charge < -0.3 is 0 Å². The zero-order chi connectivity index (χ0) is 15.0. The van der Waals surface area contributed by atoms with Crippen molar-refractivity contribution >= 4 is 20.0 Å². The predicted molar refractivity (Wildman–Crippen MR) is 75.0 cm³/mol. The first-order valence-corrected chi connectivity index (χ1v) is 9.36. The van der Waals surface area contributed by atoms with Crippen LogP contribution in [0.25, 0.3) is 0 Å². The van der Waals surface area contributed by atoms with Gasteiger partial charge in [0, 0.05) is 12.6 Å². The maximum atomic E-state index is 12.5. The molecule has 0 spiro atoms. The van der Waals surface area contributed by atoms with E-state index in [0.717, 1.165) is 19.3 Å². The van der Waals surface area contributed by atoms with Gasteiger partial charge in [0.05, 0.1) is 9.79 Å². The van der Waals surface area contributed by atoms with Crippen molar-refractivity contribution < 1.29 is 16.8 Å². The quantitative estimate of drug-likeness (QED) is 0.895. The fourth-order valence-corrected chi connectivity index (χ4v) is 4.58. The third kappa shape index (κ3) is 3.03. The number of nitrogens with zero attached hydrogens (tertiary/aromatic N) is 1. The van der Waals surface area contributed by atoms with Crippen LogP contribution in [0.2, 0.25) is 0 Å². The lowest BCUT2D eigenvalue weighted by Crippen LogP contribution is -2.41. The van der Waals surface area contributed by atoms with Gasteiger partial charge >= 0.3 is 0 Å². The first-order valence-electron chi connectivity index (χ1n) is 6.37. The topological polar surface area (TPSA) is 97.5 Å². The van der Waals surface area contributed by atoms with Crippen molar-refractivity contribution in [2.45, 2.75) is 42.0 Å². The first-order chi connectivity index (χ1) is 9.23. The summed E-state index contributed by atoms with van der Waals surface area (Å²) in [6.07, 6.45) is 2.71. The third-order valence-electron chi connectivity index (χ3n) is 3.50. The summed E-state index contributed by atoms with van der Waals surface area (Å²) >= 11 is 0. The number of sulfonamides is 2. The highest BCUT2D eigenvalue weighted by atomic mass is 32.2. The molecule has 20 heavy (non-hydrogen) atoms. The maximum absolute atomic E-state index is 12.5. The minimum atomic E-state index is -3.81. The minimum Gasteiger partial charge on any atom is -0.225 e. The molecule has 1 fully saturated rings. The smallest absolute Gasteiger partial charge is 0.225 e. The Hall–Kier alpha value is -0.960. The van der Waals surface area contributed by atoms with E-state index >= 15 is 0 Å². The number of hydrogen-bond donors (Lipinski definition) is 1. The Labute approximate surface area is 119 Å². The average molecular weight is 318 g/mol. The molecule has 1 aromatic rings. The van der Waals surface area contributed by atoms with Crippen LogP contribution in [0.3, 0.4) is 0 Å². The van der Waals surface area contributed by atoms with Gasteiger partial charge in [-0.2, -0.15) is 4.31 Å². The monoisotopic (exact) mass is 318 g/mol. The Bertz CT molecular complexity index is 681. The maximum Gasteiger partial charge on any atom is 0.243 e. The molecule has 0 amide bonds. The molecule has 112 valence electrons. The standard InChI is InChI=1S/C12H18N2O4S2/c1-10-4-2-3-9-14(10)20(17,18)12-7-5-11(6-8-12)19(13,15)16/h5-8,10H,2-4,9H2,1H3,(H2,13,15,16)/t10-/m1/s1. The fraction of sp³-hybridized carbons (Fsp3) is 0.500. The molecule has 1 aliphatic heterocycles. The van der Waals surface area contributed by atoms with Crippen LogP contribution in [-0.4, -0.2) is 33.7 Å². The molecule has 8 heteroatoms. The number of rotatable bonds is 3. The summed E-state index contributed by atoms with van der Waals surface area (Å²) in [6, 6.07) is 4.98. The Kier molecular flexibility index (Phi) is 4.19. The molecule has 0 unspecified atom stereocenters. The molecule has 0 aromatic heterocycles. The van der Waals surface area contributed by atoms with E-state index in [9.17, 15) is 16.8 Å². The van der Waals surface area contributed by atoms with Crippen LogP contribution in [0.4, 0.5) is 0 Å². The van der Waals surface area contributed by atoms with E-state index in [4.69, 9.17) is 5.14 Å². The van der Waals surface area contributed by atoms with Crippen LogP contribution in [0, 0.1) is 0 Å². The number of primary sulfonamides is 1. The normalized spacial score (nSPS) is 21.8. The number of piperidine rings is 1. The lowest BCUT2D eigenvalue weighted by atomic mass is 10.1. The Balaban J connectivity index is 2.35. The van der Waals surface area contributed by atoms with E-state index in [1.165, 1.54) is 28.6 Å². The van der Waals surface area contributed by atoms with Crippen molar-refractivity contribution in [3.05, 3.63) is 24.3 Å². The van der Waals surface area contributed by atoms with Crippen molar-refractivity contribution in [1.29, 1.82) is 0 Å². The van der Waals surface area contributed by atoms with Crippen LogP contribution >= 0.6 is 0 Å². The second kappa shape index (κ2) is 5.44. The van der Waals surface area contributed by atoms with Crippen LogP contribution < -0.4 is 5.14 Å². The minimum absolute atomic E-state index is 0.0355. The predicted octanol–water partition coefficient (Wildman–Crippen LogP) is 0.897. The highest BCUT2D eigenvalue weighted by molar-refractivity contribution is 7.89. The highest BCUT2D eigenvalue weighted by Gasteiger charge is 2.30. The molecule has 2 N–H and O–H groups in total. The summed E-state index contributed by atoms with van der Waals surface area (Å²) in [5, 5.41) is 4.99. The van der Waals surface area contributed by atoms with Gasteiger partial charge in [-0.1, -0.05) is 6.42 Å². The third-order valence-corrected chi connectivity index (χ3v) is 6.46. The summed E-state index contributed by atoms with van der Waals surface area (Å²) in [4.78, 5) is 0.00166. The van der Waals surface area contributed by atoms with Gasteiger partial charge in [-0.3, -0.25) is 0 Å². The summed E-state index contributed by atoms with van der Waals surface area (Å²) in [7, 11) is -7.38. The van der Waals surface area contributed by atoms with E-state index in [-0.39, 0.29) is 15.8 Å². The fourth-order valence-electron chi connectivity index (χ4n) is 2.37. The van der Waals surface area contributed by atoms with Gasteiger partial charge in [0.15, 0.2) is 0 Å². The van der Waals surface area contributed by atoms with E-state index in [1.807, 2.05) is 6.92 Å². The van der Waals surface area contributed by atoms with Crippen molar-refractivity contribution in [2.75, 3.05) is 6.54 Å². The molecular weight excluding hydrogens is 300 g/mol. The molecule has 6 nitrogen and oxygen atoms in total. The molecule has 1 saturated heterocycles. The molecule has 0 radical (unpaired) electrons. The zero-order valence-electron chi connectivity index (χ0n) is 11.2. The molecule has 1 heterocycles. The summed E-state index contributed by atoms with van der Waals surface area (Å²) < 4.78 is 48.8. The van der Waals surface area contributed by atoms with Gasteiger partial charge in [0.2, 0.25) is 20.0 Å². The lowest BCUT2D eigenvalue weighted by Gasteiger charge is -2.32. The van der Waals surface area contributed by atoms with Crippen LogP contribution in [0.15, 0.2) is 34.1 Å². The number of nitrogens with two attached hydrogens (primary N) is 1. The molecule has 0 aliphatic carbocycles. The van der Waals surface area contributed by atoms with Gasteiger partial charge in [-0.15, -0.1) is 0 Å². The first kappa shape index (κ1) is 15.4. The van der Waals surface area contributed by atoms with Gasteiger partial charge in [-0.25, -0.2) is 22.0 Å². The lowest BCUT2D eigenvalue weighted by molar-refractivity contribution is 0.268. The molecular formula is C12H18N2O4S2. The second-order valence-electron chi connectivity index (χ2n) is 4.98. The number of benzene rings is 1. The Morgan fingerprint density at radius 2 is 1.60 bits per heavy atom. The molecule has 0 saturated carbocycles. The highest BCUT2D eigenvalue weighted by Crippen LogP contribution is 2.25. The van der Waals surface area contributed by atoms with E-state index in [2.05, 4.69) is 0 Å². The van der Waals surface area contributed by atoms with Crippen LogP contribution in [0.1, 0.15) is 26.2 Å². The van der Waals surface area contributed by atoms with Gasteiger partial charge in [0.1, 0.15) is 0 Å². The van der Waals surface area contributed by atoms with Crippen molar-refractivity contribution in [3.63, 3.8) is 0 Å². The van der Waals surface area contributed by atoms with Gasteiger partial charge in [-0.05, 0) is 44.0 Å². The molecule has 1 aromatic carbocycles. The zero-order valence-corrected chi connectivity index (χ0v) is 12.8. The molecule has 1 aliphatic rings. The van der Waals surface area contributed by atoms with E-state index < -0.39 is 20.0 Å². The molecule has 0 bridgehead atoms. The Morgan fingerprint density at radius 3 is 2.10 bits per heavy atom. The van der Waals surface area contributed by atoms with Crippen molar-refractivity contribution in [2.24, 2.45) is 5.14 Å². The summed E-state index contributed by atoms with van der Waals surface area (Å²) in [6.45, 7) is 2.38. The Morgan fingerprint density at radius 1 is 1.05 bits per heavy atom. The van der Waals surface area contributed by atoms with Crippen molar-refractivity contribution in [1.82, 2.24) is 4.31 Å². The largest absolute Gasteiger partial charge is 0.243 e. The summed E-state index contributed by atoms with van der Waals surface area (Å²) in [5.41, 5.74) is 0. The van der Waals surface area contributed by atoms with Gasteiger partial charge in [0.25, 0.3) is 0 Å². The second-order valence-corrected chi connectivity index (χ2v) is 8.43. The average Bonchev–Trinajstić information content (AvgIpc) is 2.38. The van der Waals surface area contributed by atoms with E-state index in [0.29, 0.717) is 6.54 Å². The molecule has 1 atom stereocenters. The van der Waals surface area contributed by atoms with Crippen LogP contribution in [0.5, 0.6) is 0 Å². The summed E-state index contributed by atoms with van der Waals surface area (Å²) in [5.74, 6) is 0. The van der Waals surface area contributed by atoms with E-state index in [1.54, 1.807) is 0 Å².